The van der Waals surface area contributed by atoms with Crippen LogP contribution in [0.4, 0.5) is 9.39 Å². The molecule has 0 fully saturated rings. The predicted molar refractivity (Wildman–Crippen MR) is 92.2 cm³/mol. The number of nitriles is 1. The van der Waals surface area contributed by atoms with Crippen LogP contribution in [0.15, 0.2) is 30.5 Å². The quantitative estimate of drug-likeness (QED) is 0.794. The van der Waals surface area contributed by atoms with Crippen LogP contribution in [0.25, 0.3) is 10.4 Å². The van der Waals surface area contributed by atoms with Gasteiger partial charge in [-0.05, 0) is 42.5 Å². The van der Waals surface area contributed by atoms with Crippen molar-refractivity contribution in [1.29, 1.82) is 5.26 Å². The summed E-state index contributed by atoms with van der Waals surface area (Å²) in [5, 5.41) is 14.4. The van der Waals surface area contributed by atoms with E-state index in [1.165, 1.54) is 29.2 Å². The fraction of sp³-hybridized carbons (Fsp3) is 0.222. The van der Waals surface area contributed by atoms with Crippen LogP contribution in [0.3, 0.4) is 0 Å². The zero-order chi connectivity index (χ0) is 16.7. The first kappa shape index (κ1) is 14.9. The second-order valence-corrected chi connectivity index (χ2v) is 6.92. The Labute approximate surface area is 143 Å². The molecule has 1 aliphatic rings. The normalized spacial score (nSPS) is 12.5. The molecule has 0 saturated carbocycles. The lowest BCUT2D eigenvalue weighted by Crippen LogP contribution is -2.11. The third-order valence-corrected chi connectivity index (χ3v) is 5.57. The van der Waals surface area contributed by atoms with Crippen molar-refractivity contribution in [3.63, 3.8) is 0 Å². The van der Waals surface area contributed by atoms with Gasteiger partial charge in [-0.25, -0.2) is 4.39 Å². The van der Waals surface area contributed by atoms with Crippen LogP contribution in [0.2, 0.25) is 0 Å². The van der Waals surface area contributed by atoms with Gasteiger partial charge in [-0.1, -0.05) is 12.1 Å². The van der Waals surface area contributed by atoms with Crippen LogP contribution in [0.5, 0.6) is 0 Å². The fourth-order valence-corrected chi connectivity index (χ4v) is 4.35. The summed E-state index contributed by atoms with van der Waals surface area (Å²) < 4.78 is 15.0. The van der Waals surface area contributed by atoms with E-state index in [2.05, 4.69) is 11.2 Å². The molecule has 24 heavy (non-hydrogen) atoms. The van der Waals surface area contributed by atoms with Gasteiger partial charge in [0.2, 0.25) is 0 Å². The zero-order valence-electron chi connectivity index (χ0n) is 12.9. The second-order valence-electron chi connectivity index (χ2n) is 5.87. The van der Waals surface area contributed by atoms with Gasteiger partial charge in [-0.3, -0.25) is 4.68 Å². The number of halogens is 1. The Hall–Kier alpha value is -2.65. The van der Waals surface area contributed by atoms with Crippen molar-refractivity contribution < 1.29 is 4.39 Å². The van der Waals surface area contributed by atoms with Gasteiger partial charge in [-0.2, -0.15) is 10.4 Å². The molecule has 1 aliphatic carbocycles. The average molecular weight is 338 g/mol. The topological polar surface area (TPSA) is 67.6 Å². The fourth-order valence-electron chi connectivity index (χ4n) is 3.25. The van der Waals surface area contributed by atoms with E-state index in [1.807, 2.05) is 23.0 Å². The SMILES string of the molecule is N#Cc1c(N)sc2c1CCc1c-2cnn1CCc1ccc(F)cc1. The maximum atomic E-state index is 13.0. The summed E-state index contributed by atoms with van der Waals surface area (Å²) in [6.45, 7) is 0.752. The number of nitrogen functional groups attached to an aromatic ring is 1. The largest absolute Gasteiger partial charge is 0.389 e. The second kappa shape index (κ2) is 5.77. The molecular formula is C18H15FN4S. The van der Waals surface area contributed by atoms with Crippen LogP contribution in [0, 0.1) is 17.1 Å². The summed E-state index contributed by atoms with van der Waals surface area (Å²) in [6, 6.07) is 8.80. The van der Waals surface area contributed by atoms with E-state index < -0.39 is 0 Å². The Kier molecular flexibility index (Phi) is 3.58. The van der Waals surface area contributed by atoms with E-state index in [0.29, 0.717) is 10.6 Å². The summed E-state index contributed by atoms with van der Waals surface area (Å²) in [4.78, 5) is 1.08. The highest BCUT2D eigenvalue weighted by atomic mass is 32.1. The van der Waals surface area contributed by atoms with Crippen molar-refractivity contribution in [2.45, 2.75) is 25.8 Å². The lowest BCUT2D eigenvalue weighted by Gasteiger charge is -2.15. The number of rotatable bonds is 3. The summed E-state index contributed by atoms with van der Waals surface area (Å²) in [7, 11) is 0. The lowest BCUT2D eigenvalue weighted by atomic mass is 9.94. The number of hydrogen-bond donors (Lipinski definition) is 1. The Morgan fingerprint density at radius 2 is 2.08 bits per heavy atom. The molecule has 1 aromatic carbocycles. The molecule has 2 aromatic heterocycles. The van der Waals surface area contributed by atoms with E-state index in [9.17, 15) is 9.65 Å². The molecule has 120 valence electrons. The summed E-state index contributed by atoms with van der Waals surface area (Å²) in [5.41, 5.74) is 11.0. The number of hydrogen-bond acceptors (Lipinski definition) is 4. The number of benzene rings is 1. The molecule has 3 aromatic rings. The van der Waals surface area contributed by atoms with Crippen molar-refractivity contribution >= 4 is 16.3 Å². The van der Waals surface area contributed by atoms with Crippen molar-refractivity contribution in [1.82, 2.24) is 9.78 Å². The van der Waals surface area contributed by atoms with E-state index in [4.69, 9.17) is 5.73 Å². The first-order chi connectivity index (χ1) is 11.7. The zero-order valence-corrected chi connectivity index (χ0v) is 13.7. The van der Waals surface area contributed by atoms with E-state index in [-0.39, 0.29) is 5.82 Å². The number of aryl methyl sites for hydroxylation is 2. The minimum Gasteiger partial charge on any atom is -0.389 e. The van der Waals surface area contributed by atoms with Crippen molar-refractivity contribution in [2.75, 3.05) is 5.73 Å². The first-order valence-electron chi connectivity index (χ1n) is 7.78. The number of thiophene rings is 1. The molecule has 0 amide bonds. The number of nitrogens with two attached hydrogens (primary N) is 1. The molecule has 0 unspecified atom stereocenters. The Morgan fingerprint density at radius 1 is 1.29 bits per heavy atom. The standard InChI is InChI=1S/C18H15FN4S/c19-12-3-1-11(2-4-12)7-8-23-16-6-5-13-14(9-20)18(21)24-17(13)15(16)10-22-23/h1-4,10H,5-8,21H2. The highest BCUT2D eigenvalue weighted by Crippen LogP contribution is 2.43. The van der Waals surface area contributed by atoms with Gasteiger partial charge < -0.3 is 5.73 Å². The van der Waals surface area contributed by atoms with E-state index in [1.54, 1.807) is 0 Å². The molecule has 2 N–H and O–H groups in total. The third-order valence-electron chi connectivity index (χ3n) is 4.48. The minimum atomic E-state index is -0.216. The molecule has 0 aliphatic heterocycles. The molecule has 0 bridgehead atoms. The summed E-state index contributed by atoms with van der Waals surface area (Å²) >= 11 is 1.47. The monoisotopic (exact) mass is 338 g/mol. The van der Waals surface area contributed by atoms with Gasteiger partial charge >= 0.3 is 0 Å². The number of nitrogens with zero attached hydrogens (tertiary/aromatic N) is 3. The first-order valence-corrected chi connectivity index (χ1v) is 8.59. The van der Waals surface area contributed by atoms with Crippen LogP contribution >= 0.6 is 11.3 Å². The van der Waals surface area contributed by atoms with Crippen LogP contribution < -0.4 is 5.73 Å². The van der Waals surface area contributed by atoms with Gasteiger partial charge in [-0.15, -0.1) is 11.3 Å². The Bertz CT molecular complexity index is 947. The molecule has 0 saturated heterocycles. The molecule has 2 heterocycles. The van der Waals surface area contributed by atoms with Crippen molar-refractivity contribution in [2.24, 2.45) is 0 Å². The lowest BCUT2D eigenvalue weighted by molar-refractivity contribution is 0.580. The number of aromatic nitrogens is 2. The van der Waals surface area contributed by atoms with Crippen molar-refractivity contribution in [3.8, 4) is 16.5 Å². The van der Waals surface area contributed by atoms with E-state index >= 15 is 0 Å². The van der Waals surface area contributed by atoms with Gasteiger partial charge in [0, 0.05) is 22.7 Å². The molecule has 4 nitrogen and oxygen atoms in total. The third kappa shape index (κ3) is 2.38. The number of fused-ring (bicyclic) bond motifs is 3. The maximum absolute atomic E-state index is 13.0. The Morgan fingerprint density at radius 3 is 2.83 bits per heavy atom. The summed E-state index contributed by atoms with van der Waals surface area (Å²) in [5.74, 6) is -0.216. The smallest absolute Gasteiger partial charge is 0.123 e. The van der Waals surface area contributed by atoms with Gasteiger partial charge in [0.05, 0.1) is 11.8 Å². The molecular weight excluding hydrogens is 323 g/mol. The van der Waals surface area contributed by atoms with Crippen LogP contribution in [-0.2, 0) is 25.8 Å². The van der Waals surface area contributed by atoms with Gasteiger partial charge in [0.15, 0.2) is 0 Å². The highest BCUT2D eigenvalue weighted by molar-refractivity contribution is 7.19. The van der Waals surface area contributed by atoms with Crippen molar-refractivity contribution in [3.05, 3.63) is 58.7 Å². The summed E-state index contributed by atoms with van der Waals surface area (Å²) in [6.07, 6.45) is 4.35. The van der Waals surface area contributed by atoms with Gasteiger partial charge in [0.25, 0.3) is 0 Å². The molecule has 0 radical (unpaired) electrons. The molecule has 6 heteroatoms. The van der Waals surface area contributed by atoms with Crippen LogP contribution in [0.1, 0.15) is 22.4 Å². The minimum absolute atomic E-state index is 0.216. The average Bonchev–Trinajstić information content (AvgIpc) is 3.14. The van der Waals surface area contributed by atoms with E-state index in [0.717, 1.165) is 47.4 Å². The van der Waals surface area contributed by atoms with Gasteiger partial charge in [0.1, 0.15) is 16.9 Å². The predicted octanol–water partition coefficient (Wildman–Crippen LogP) is 3.55. The molecule has 0 atom stereocenters. The van der Waals surface area contributed by atoms with Crippen LogP contribution in [-0.4, -0.2) is 9.78 Å². The Balaban J connectivity index is 1.61. The highest BCUT2D eigenvalue weighted by Gasteiger charge is 2.26. The molecule has 4 rings (SSSR count). The number of anilines is 1. The molecule has 0 spiro atoms. The maximum Gasteiger partial charge on any atom is 0.123 e.